The molecule has 0 spiro atoms. The molecule has 2 aliphatic rings. The predicted molar refractivity (Wildman–Crippen MR) is 139 cm³/mol. The molecule has 6 nitrogen and oxygen atoms in total. The summed E-state index contributed by atoms with van der Waals surface area (Å²) in [6.07, 6.45) is 2.79. The third kappa shape index (κ3) is 4.75. The molecule has 1 N–H and O–H groups in total. The fourth-order valence-electron chi connectivity index (χ4n) is 5.19. The van der Waals surface area contributed by atoms with Gasteiger partial charge in [0.15, 0.2) is 0 Å². The molecule has 2 heterocycles. The van der Waals surface area contributed by atoms with Gasteiger partial charge in [0.1, 0.15) is 6.54 Å². The van der Waals surface area contributed by atoms with Crippen molar-refractivity contribution in [2.24, 2.45) is 0 Å². The van der Waals surface area contributed by atoms with E-state index in [9.17, 15) is 14.4 Å². The number of para-hydroxylation sites is 1. The van der Waals surface area contributed by atoms with Crippen molar-refractivity contribution in [2.45, 2.75) is 58.5 Å². The fraction of sp³-hybridized carbons (Fsp3) is 0.370. The number of fused-ring (bicyclic) bond motifs is 1. The molecule has 1 saturated heterocycles. The van der Waals surface area contributed by atoms with Crippen LogP contribution in [-0.4, -0.2) is 40.1 Å². The molecule has 2 aromatic rings. The van der Waals surface area contributed by atoms with Crippen LogP contribution in [0, 0.1) is 0 Å². The first-order chi connectivity index (χ1) is 16.1. The van der Waals surface area contributed by atoms with E-state index in [-0.39, 0.29) is 12.1 Å². The quantitative estimate of drug-likeness (QED) is 0.546. The monoisotopic (exact) mass is 477 g/mol. The molecule has 0 bridgehead atoms. The van der Waals surface area contributed by atoms with Gasteiger partial charge < -0.3 is 10.2 Å². The van der Waals surface area contributed by atoms with E-state index in [0.29, 0.717) is 22.6 Å². The van der Waals surface area contributed by atoms with E-state index in [1.165, 1.54) is 11.3 Å². The van der Waals surface area contributed by atoms with E-state index in [2.05, 4.69) is 57.0 Å². The maximum atomic E-state index is 12.9. The zero-order valence-corrected chi connectivity index (χ0v) is 21.1. The van der Waals surface area contributed by atoms with E-state index < -0.39 is 17.1 Å². The van der Waals surface area contributed by atoms with Crippen LogP contribution in [0.3, 0.4) is 0 Å². The summed E-state index contributed by atoms with van der Waals surface area (Å²) in [7, 11) is 0. The van der Waals surface area contributed by atoms with Crippen LogP contribution in [0.1, 0.15) is 58.1 Å². The first-order valence-electron chi connectivity index (χ1n) is 11.6. The van der Waals surface area contributed by atoms with Crippen LogP contribution >= 0.6 is 11.8 Å². The predicted octanol–water partition coefficient (Wildman–Crippen LogP) is 5.86. The lowest BCUT2D eigenvalue weighted by Crippen LogP contribution is -2.51. The maximum Gasteiger partial charge on any atom is 0.294 e. The summed E-state index contributed by atoms with van der Waals surface area (Å²) in [4.78, 5) is 41.6. The van der Waals surface area contributed by atoms with Gasteiger partial charge in [-0.05, 0) is 93.3 Å². The minimum absolute atomic E-state index is 0.0606. The van der Waals surface area contributed by atoms with Crippen LogP contribution < -0.4 is 10.2 Å². The average molecular weight is 478 g/mol. The van der Waals surface area contributed by atoms with Crippen LogP contribution in [0.15, 0.2) is 53.4 Å². The molecule has 2 aromatic carbocycles. The van der Waals surface area contributed by atoms with Crippen molar-refractivity contribution in [3.05, 3.63) is 64.6 Å². The lowest BCUT2D eigenvalue weighted by molar-refractivity contribution is -0.127. The van der Waals surface area contributed by atoms with E-state index in [0.717, 1.165) is 28.6 Å². The second kappa shape index (κ2) is 9.29. The van der Waals surface area contributed by atoms with Crippen LogP contribution in [0.5, 0.6) is 0 Å². The summed E-state index contributed by atoms with van der Waals surface area (Å²) in [5.74, 6) is -0.465. The van der Waals surface area contributed by atoms with Gasteiger partial charge in [-0.15, -0.1) is 0 Å². The topological polar surface area (TPSA) is 69.7 Å². The molecule has 2 aliphatic heterocycles. The molecule has 0 aromatic heterocycles. The number of thioether (sulfide) groups is 1. The second-order valence-electron chi connectivity index (χ2n) is 9.88. The smallest absolute Gasteiger partial charge is 0.294 e. The van der Waals surface area contributed by atoms with Gasteiger partial charge in [0.25, 0.3) is 11.1 Å². The number of carbonyl (C=O) groups is 3. The Hall–Kier alpha value is -3.06. The van der Waals surface area contributed by atoms with E-state index >= 15 is 0 Å². The highest BCUT2D eigenvalue weighted by atomic mass is 32.2. The third-order valence-corrected chi connectivity index (χ3v) is 7.25. The minimum Gasteiger partial charge on any atom is -0.364 e. The molecule has 7 heteroatoms. The van der Waals surface area contributed by atoms with Gasteiger partial charge in [0.2, 0.25) is 5.91 Å². The number of anilines is 2. The van der Waals surface area contributed by atoms with Gasteiger partial charge in [-0.1, -0.05) is 31.2 Å². The summed E-state index contributed by atoms with van der Waals surface area (Å²) < 4.78 is 0. The molecule has 1 atom stereocenters. The van der Waals surface area contributed by atoms with Crippen molar-refractivity contribution in [3.63, 3.8) is 0 Å². The number of imide groups is 1. The largest absolute Gasteiger partial charge is 0.364 e. The SMILES string of the molecule is CC(C)N1c2ccc(/C=C3\SC(=O)N(CC(=O)Nc4ccccc4)C3=O)cc2[C@H](C)CC1(C)C. The molecule has 0 radical (unpaired) electrons. The molecule has 0 unspecified atom stereocenters. The van der Waals surface area contributed by atoms with Crippen molar-refractivity contribution in [1.82, 2.24) is 4.90 Å². The van der Waals surface area contributed by atoms with Crippen molar-refractivity contribution in [3.8, 4) is 0 Å². The Morgan fingerprint density at radius 1 is 1.18 bits per heavy atom. The highest BCUT2D eigenvalue weighted by Gasteiger charge is 2.38. The summed E-state index contributed by atoms with van der Waals surface area (Å²) in [5.41, 5.74) is 4.04. The average Bonchev–Trinajstić information content (AvgIpc) is 3.01. The van der Waals surface area contributed by atoms with Crippen molar-refractivity contribution in [1.29, 1.82) is 0 Å². The number of rotatable bonds is 5. The van der Waals surface area contributed by atoms with Crippen LogP contribution in [0.4, 0.5) is 16.2 Å². The number of benzene rings is 2. The fourth-order valence-corrected chi connectivity index (χ4v) is 6.03. The molecule has 1 fully saturated rings. The Bertz CT molecular complexity index is 1160. The maximum absolute atomic E-state index is 12.9. The van der Waals surface area contributed by atoms with E-state index in [1.54, 1.807) is 30.3 Å². The van der Waals surface area contributed by atoms with Crippen LogP contribution in [0.2, 0.25) is 0 Å². The number of hydrogen-bond donors (Lipinski definition) is 1. The summed E-state index contributed by atoms with van der Waals surface area (Å²) in [5, 5.41) is 2.28. The molecule has 34 heavy (non-hydrogen) atoms. The summed E-state index contributed by atoms with van der Waals surface area (Å²) in [6, 6.07) is 15.6. The highest BCUT2D eigenvalue weighted by molar-refractivity contribution is 8.18. The Kier molecular flexibility index (Phi) is 6.58. The lowest BCUT2D eigenvalue weighted by atomic mass is 9.79. The van der Waals surface area contributed by atoms with Crippen molar-refractivity contribution >= 4 is 46.3 Å². The van der Waals surface area contributed by atoms with Gasteiger partial charge in [0.05, 0.1) is 4.91 Å². The molecular formula is C27H31N3O3S. The zero-order valence-electron chi connectivity index (χ0n) is 20.3. The Balaban J connectivity index is 1.53. The zero-order chi connectivity index (χ0) is 24.6. The number of carbonyl (C=O) groups excluding carboxylic acids is 3. The number of nitrogens with one attached hydrogen (secondary N) is 1. The number of amides is 3. The molecule has 4 rings (SSSR count). The van der Waals surface area contributed by atoms with Crippen molar-refractivity contribution < 1.29 is 14.4 Å². The van der Waals surface area contributed by atoms with E-state index in [1.807, 2.05) is 12.1 Å². The Morgan fingerprint density at radius 2 is 1.88 bits per heavy atom. The molecule has 178 valence electrons. The van der Waals surface area contributed by atoms with Crippen LogP contribution in [-0.2, 0) is 9.59 Å². The summed E-state index contributed by atoms with van der Waals surface area (Å²) >= 11 is 0.876. The third-order valence-electron chi connectivity index (χ3n) is 6.35. The molecular weight excluding hydrogens is 446 g/mol. The van der Waals surface area contributed by atoms with Gasteiger partial charge in [-0.3, -0.25) is 19.3 Å². The van der Waals surface area contributed by atoms with Gasteiger partial charge in [0, 0.05) is 23.0 Å². The van der Waals surface area contributed by atoms with E-state index in [4.69, 9.17) is 0 Å². The van der Waals surface area contributed by atoms with Gasteiger partial charge >= 0.3 is 0 Å². The van der Waals surface area contributed by atoms with Crippen molar-refractivity contribution in [2.75, 3.05) is 16.8 Å². The highest BCUT2D eigenvalue weighted by Crippen LogP contribution is 2.45. The lowest BCUT2D eigenvalue weighted by Gasteiger charge is -2.50. The molecule has 0 aliphatic carbocycles. The first kappa shape index (κ1) is 24.1. The normalized spacial score (nSPS) is 20.8. The van der Waals surface area contributed by atoms with Gasteiger partial charge in [-0.25, -0.2) is 0 Å². The second-order valence-corrected chi connectivity index (χ2v) is 10.9. The Morgan fingerprint density at radius 3 is 2.56 bits per heavy atom. The first-order valence-corrected chi connectivity index (χ1v) is 12.4. The molecule has 0 saturated carbocycles. The molecule has 3 amide bonds. The number of hydrogen-bond acceptors (Lipinski definition) is 5. The van der Waals surface area contributed by atoms with Crippen LogP contribution in [0.25, 0.3) is 6.08 Å². The van der Waals surface area contributed by atoms with Gasteiger partial charge in [-0.2, -0.15) is 0 Å². The standard InChI is InChI=1S/C27H31N3O3S/c1-17(2)30-22-12-11-19(13-21(22)18(3)15-27(30,4)5)14-23-25(32)29(26(33)34-23)16-24(31)28-20-9-7-6-8-10-20/h6-14,17-18H,15-16H2,1-5H3,(H,28,31)/b23-14-/t18-/m1/s1. The Labute approximate surface area is 205 Å². The number of nitrogens with zero attached hydrogens (tertiary/aromatic N) is 2. The minimum atomic E-state index is -0.436. The summed E-state index contributed by atoms with van der Waals surface area (Å²) in [6.45, 7) is 10.9.